The van der Waals surface area contributed by atoms with E-state index in [4.69, 9.17) is 0 Å². The summed E-state index contributed by atoms with van der Waals surface area (Å²) in [7, 11) is 0. The van der Waals surface area contributed by atoms with Gasteiger partial charge in [-0.1, -0.05) is 37.0 Å². The Bertz CT molecular complexity index is 995. The summed E-state index contributed by atoms with van der Waals surface area (Å²) >= 11 is 0. The number of carbonyl (C=O) groups excluding carboxylic acids is 3. The molecule has 6 heteroatoms. The number of carbonyl (C=O) groups is 3. The van der Waals surface area contributed by atoms with Crippen molar-refractivity contribution in [2.24, 2.45) is 11.8 Å². The van der Waals surface area contributed by atoms with Gasteiger partial charge in [0, 0.05) is 36.4 Å². The number of benzene rings is 2. The first-order valence-corrected chi connectivity index (χ1v) is 12.5. The quantitative estimate of drug-likeness (QED) is 0.649. The second-order valence-electron chi connectivity index (χ2n) is 9.74. The minimum Gasteiger partial charge on any atom is -0.356 e. The predicted molar refractivity (Wildman–Crippen MR) is 134 cm³/mol. The fourth-order valence-corrected chi connectivity index (χ4v) is 4.94. The average Bonchev–Trinajstić information content (AvgIpc) is 2.88. The van der Waals surface area contributed by atoms with Gasteiger partial charge in [0.15, 0.2) is 0 Å². The summed E-state index contributed by atoms with van der Waals surface area (Å²) in [6, 6.07) is 14.4. The molecule has 1 saturated carbocycles. The molecule has 2 N–H and O–H groups in total. The highest BCUT2D eigenvalue weighted by atomic mass is 16.2. The van der Waals surface area contributed by atoms with Crippen molar-refractivity contribution in [2.75, 3.05) is 25.0 Å². The van der Waals surface area contributed by atoms with Crippen LogP contribution in [0.5, 0.6) is 0 Å². The van der Waals surface area contributed by atoms with Crippen LogP contribution in [-0.4, -0.2) is 42.3 Å². The maximum Gasteiger partial charge on any atom is 0.255 e. The molecule has 1 atom stereocenters. The number of nitrogens with one attached hydrogen (secondary N) is 2. The van der Waals surface area contributed by atoms with Crippen molar-refractivity contribution >= 4 is 23.4 Å². The molecule has 2 aromatic carbocycles. The van der Waals surface area contributed by atoms with Gasteiger partial charge in [-0.05, 0) is 74.9 Å². The van der Waals surface area contributed by atoms with Crippen molar-refractivity contribution in [3.05, 3.63) is 65.2 Å². The number of hydrogen-bond acceptors (Lipinski definition) is 3. The lowest BCUT2D eigenvalue weighted by Crippen LogP contribution is -2.46. The first-order chi connectivity index (χ1) is 16.5. The first kappa shape index (κ1) is 24.0. The topological polar surface area (TPSA) is 78.5 Å². The van der Waals surface area contributed by atoms with Gasteiger partial charge in [0.2, 0.25) is 5.91 Å². The summed E-state index contributed by atoms with van der Waals surface area (Å²) in [5.41, 5.74) is 2.89. The Hall–Kier alpha value is -3.15. The average molecular weight is 462 g/mol. The number of nitrogens with zero attached hydrogens (tertiary/aromatic N) is 1. The molecular formula is C28H35N3O3. The summed E-state index contributed by atoms with van der Waals surface area (Å²) in [5.74, 6) is 0.286. The fourth-order valence-electron chi connectivity index (χ4n) is 4.94. The molecule has 0 spiro atoms. The molecule has 2 aliphatic rings. The van der Waals surface area contributed by atoms with E-state index >= 15 is 0 Å². The van der Waals surface area contributed by atoms with Crippen molar-refractivity contribution in [3.63, 3.8) is 0 Å². The van der Waals surface area contributed by atoms with Gasteiger partial charge < -0.3 is 15.5 Å². The van der Waals surface area contributed by atoms with Gasteiger partial charge in [0.05, 0.1) is 5.92 Å². The predicted octanol–water partition coefficient (Wildman–Crippen LogP) is 4.80. The SMILES string of the molecule is Cc1ccc(C(=O)Nc2ccc(C(=O)N3CCCC(C(=O)NCC4CCCCC4)C3)cc2)cc1. The maximum absolute atomic E-state index is 13.1. The molecule has 1 saturated heterocycles. The molecule has 1 aliphatic carbocycles. The molecule has 1 unspecified atom stereocenters. The second kappa shape index (κ2) is 11.3. The third kappa shape index (κ3) is 6.25. The Morgan fingerprint density at radius 1 is 0.853 bits per heavy atom. The van der Waals surface area contributed by atoms with Crippen molar-refractivity contribution in [1.29, 1.82) is 0 Å². The zero-order chi connectivity index (χ0) is 23.9. The molecular weight excluding hydrogens is 426 g/mol. The Balaban J connectivity index is 1.29. The largest absolute Gasteiger partial charge is 0.356 e. The van der Waals surface area contributed by atoms with Crippen LogP contribution in [0.1, 0.15) is 71.2 Å². The number of piperidine rings is 1. The van der Waals surface area contributed by atoms with Crippen LogP contribution >= 0.6 is 0 Å². The normalized spacial score (nSPS) is 18.9. The Morgan fingerprint density at radius 2 is 1.53 bits per heavy atom. The highest BCUT2D eigenvalue weighted by Crippen LogP contribution is 2.24. The van der Waals surface area contributed by atoms with E-state index in [2.05, 4.69) is 10.6 Å². The van der Waals surface area contributed by atoms with Crippen LogP contribution in [0.15, 0.2) is 48.5 Å². The standard InChI is InChI=1S/C28H35N3O3/c1-20-9-11-22(12-10-20)27(33)30-25-15-13-23(14-16-25)28(34)31-17-5-8-24(19-31)26(32)29-18-21-6-3-2-4-7-21/h9-16,21,24H,2-8,17-19H2,1H3,(H,29,32)(H,30,33). The third-order valence-corrected chi connectivity index (χ3v) is 7.07. The fraction of sp³-hybridized carbons (Fsp3) is 0.464. The van der Waals surface area contributed by atoms with E-state index < -0.39 is 0 Å². The third-order valence-electron chi connectivity index (χ3n) is 7.07. The first-order valence-electron chi connectivity index (χ1n) is 12.5. The van der Waals surface area contributed by atoms with E-state index in [0.29, 0.717) is 35.8 Å². The molecule has 0 radical (unpaired) electrons. The molecule has 2 aromatic rings. The Kier molecular flexibility index (Phi) is 7.99. The van der Waals surface area contributed by atoms with Crippen molar-refractivity contribution in [2.45, 2.75) is 51.9 Å². The lowest BCUT2D eigenvalue weighted by molar-refractivity contribution is -0.126. The second-order valence-corrected chi connectivity index (χ2v) is 9.74. The molecule has 34 heavy (non-hydrogen) atoms. The molecule has 1 aliphatic heterocycles. The monoisotopic (exact) mass is 461 g/mol. The summed E-state index contributed by atoms with van der Waals surface area (Å²) in [4.78, 5) is 40.0. The van der Waals surface area contributed by atoms with Crippen LogP contribution in [0.25, 0.3) is 0 Å². The van der Waals surface area contributed by atoms with Gasteiger partial charge in [0.1, 0.15) is 0 Å². The van der Waals surface area contributed by atoms with E-state index in [9.17, 15) is 14.4 Å². The van der Waals surface area contributed by atoms with Crippen LogP contribution in [0, 0.1) is 18.8 Å². The van der Waals surface area contributed by atoms with Crippen LogP contribution in [0.2, 0.25) is 0 Å². The molecule has 0 aromatic heterocycles. The summed E-state index contributed by atoms with van der Waals surface area (Å²) < 4.78 is 0. The molecule has 3 amide bonds. The maximum atomic E-state index is 13.1. The smallest absolute Gasteiger partial charge is 0.255 e. The lowest BCUT2D eigenvalue weighted by Gasteiger charge is -2.32. The van der Waals surface area contributed by atoms with Crippen molar-refractivity contribution in [1.82, 2.24) is 10.2 Å². The zero-order valence-corrected chi connectivity index (χ0v) is 20.0. The molecule has 1 heterocycles. The zero-order valence-electron chi connectivity index (χ0n) is 20.0. The lowest BCUT2D eigenvalue weighted by atomic mass is 9.89. The molecule has 4 rings (SSSR count). The van der Waals surface area contributed by atoms with Gasteiger partial charge in [0.25, 0.3) is 11.8 Å². The number of amides is 3. The van der Waals surface area contributed by atoms with Crippen molar-refractivity contribution < 1.29 is 14.4 Å². The number of hydrogen-bond donors (Lipinski definition) is 2. The van der Waals surface area contributed by atoms with Crippen LogP contribution in [-0.2, 0) is 4.79 Å². The van der Waals surface area contributed by atoms with Crippen molar-refractivity contribution in [3.8, 4) is 0 Å². The number of rotatable bonds is 6. The van der Waals surface area contributed by atoms with Gasteiger partial charge in [-0.15, -0.1) is 0 Å². The molecule has 180 valence electrons. The number of anilines is 1. The molecule has 2 fully saturated rings. The minimum absolute atomic E-state index is 0.0683. The summed E-state index contributed by atoms with van der Waals surface area (Å²) in [6.45, 7) is 3.86. The number of likely N-dealkylation sites (tertiary alicyclic amines) is 1. The van der Waals surface area contributed by atoms with E-state index in [0.717, 1.165) is 24.9 Å². The Morgan fingerprint density at radius 3 is 2.24 bits per heavy atom. The van der Waals surface area contributed by atoms with Gasteiger partial charge in [-0.2, -0.15) is 0 Å². The van der Waals surface area contributed by atoms with E-state index in [1.807, 2.05) is 19.1 Å². The summed E-state index contributed by atoms with van der Waals surface area (Å²) in [5, 5.41) is 6.02. The number of aryl methyl sites for hydroxylation is 1. The highest BCUT2D eigenvalue weighted by molar-refractivity contribution is 6.04. The van der Waals surface area contributed by atoms with E-state index in [-0.39, 0.29) is 23.6 Å². The van der Waals surface area contributed by atoms with Crippen LogP contribution in [0.4, 0.5) is 5.69 Å². The van der Waals surface area contributed by atoms with E-state index in [1.165, 1.54) is 32.1 Å². The van der Waals surface area contributed by atoms with Gasteiger partial charge in [-0.25, -0.2) is 0 Å². The van der Waals surface area contributed by atoms with Crippen LogP contribution < -0.4 is 10.6 Å². The van der Waals surface area contributed by atoms with Gasteiger partial charge >= 0.3 is 0 Å². The highest BCUT2D eigenvalue weighted by Gasteiger charge is 2.29. The Labute approximate surface area is 202 Å². The van der Waals surface area contributed by atoms with Gasteiger partial charge in [-0.3, -0.25) is 14.4 Å². The summed E-state index contributed by atoms with van der Waals surface area (Å²) in [6.07, 6.45) is 7.90. The molecule has 6 nitrogen and oxygen atoms in total. The van der Waals surface area contributed by atoms with Crippen LogP contribution in [0.3, 0.4) is 0 Å². The minimum atomic E-state index is -0.183. The van der Waals surface area contributed by atoms with E-state index in [1.54, 1.807) is 41.3 Å². The molecule has 0 bridgehead atoms.